The van der Waals surface area contributed by atoms with Gasteiger partial charge in [-0.1, -0.05) is 38.8 Å². The minimum absolute atomic E-state index is 0.218. The predicted octanol–water partition coefficient (Wildman–Crippen LogP) is 2.11. The summed E-state index contributed by atoms with van der Waals surface area (Å²) >= 11 is 6.06. The number of nitrogens with one attached hydrogen (secondary N) is 2. The third-order valence-corrected chi connectivity index (χ3v) is 3.07. The number of unbranched alkanes of at least 4 members (excludes halogenated alkanes) is 1. The zero-order chi connectivity index (χ0) is 14.3. The van der Waals surface area contributed by atoms with Crippen molar-refractivity contribution in [3.05, 3.63) is 21.6 Å². The summed E-state index contributed by atoms with van der Waals surface area (Å²) in [5.41, 5.74) is 0.377. The van der Waals surface area contributed by atoms with E-state index in [4.69, 9.17) is 11.6 Å². The first-order valence-corrected chi connectivity index (χ1v) is 7.17. The van der Waals surface area contributed by atoms with Crippen molar-refractivity contribution in [3.8, 4) is 0 Å². The molecular weight excluding hydrogens is 264 g/mol. The summed E-state index contributed by atoms with van der Waals surface area (Å²) in [6.07, 6.45) is 3.57. The van der Waals surface area contributed by atoms with Crippen LogP contribution in [0.25, 0.3) is 0 Å². The maximum atomic E-state index is 11.9. The van der Waals surface area contributed by atoms with Gasteiger partial charge in [-0.2, -0.15) is 5.10 Å². The van der Waals surface area contributed by atoms with Gasteiger partial charge in [0.05, 0.1) is 11.9 Å². The van der Waals surface area contributed by atoms with Gasteiger partial charge >= 0.3 is 0 Å². The lowest BCUT2D eigenvalue weighted by Gasteiger charge is -2.11. The largest absolute Gasteiger partial charge is 0.381 e. The van der Waals surface area contributed by atoms with Crippen LogP contribution in [0.5, 0.6) is 0 Å². The fourth-order valence-corrected chi connectivity index (χ4v) is 1.83. The van der Waals surface area contributed by atoms with E-state index in [1.54, 1.807) is 6.20 Å². The molecule has 0 unspecified atom stereocenters. The summed E-state index contributed by atoms with van der Waals surface area (Å²) in [6.45, 7) is 8.38. The Kier molecular flexibility index (Phi) is 6.87. The normalized spacial score (nSPS) is 11.0. The van der Waals surface area contributed by atoms with Crippen LogP contribution in [0.3, 0.4) is 0 Å². The van der Waals surface area contributed by atoms with Crippen molar-refractivity contribution < 1.29 is 0 Å². The molecule has 1 aromatic heterocycles. The molecular formula is C13H23ClN4O. The SMILES string of the molecule is CCCCn1ncc(NCCNC(C)C)c(Cl)c1=O. The van der Waals surface area contributed by atoms with Crippen LogP contribution in [-0.4, -0.2) is 28.9 Å². The molecule has 0 aliphatic carbocycles. The van der Waals surface area contributed by atoms with E-state index in [0.717, 1.165) is 19.4 Å². The van der Waals surface area contributed by atoms with E-state index >= 15 is 0 Å². The van der Waals surface area contributed by atoms with Crippen LogP contribution in [0.15, 0.2) is 11.0 Å². The molecule has 6 heteroatoms. The summed E-state index contributed by atoms with van der Waals surface area (Å²) in [6, 6.07) is 0.442. The van der Waals surface area contributed by atoms with Crippen molar-refractivity contribution in [3.63, 3.8) is 0 Å². The van der Waals surface area contributed by atoms with Crippen molar-refractivity contribution in [2.75, 3.05) is 18.4 Å². The molecule has 0 saturated heterocycles. The van der Waals surface area contributed by atoms with Crippen molar-refractivity contribution in [2.24, 2.45) is 0 Å². The molecule has 0 amide bonds. The van der Waals surface area contributed by atoms with E-state index in [1.807, 2.05) is 0 Å². The highest BCUT2D eigenvalue weighted by Gasteiger charge is 2.08. The second kappa shape index (κ2) is 8.17. The number of anilines is 1. The fourth-order valence-electron chi connectivity index (χ4n) is 1.61. The zero-order valence-corrected chi connectivity index (χ0v) is 12.6. The van der Waals surface area contributed by atoms with E-state index in [0.29, 0.717) is 24.8 Å². The van der Waals surface area contributed by atoms with Gasteiger partial charge in [0, 0.05) is 25.7 Å². The molecule has 0 aromatic carbocycles. The van der Waals surface area contributed by atoms with Crippen LogP contribution in [-0.2, 0) is 6.54 Å². The van der Waals surface area contributed by atoms with E-state index in [9.17, 15) is 4.79 Å². The van der Waals surface area contributed by atoms with Gasteiger partial charge in [0.15, 0.2) is 0 Å². The van der Waals surface area contributed by atoms with Gasteiger partial charge in [-0.15, -0.1) is 0 Å². The van der Waals surface area contributed by atoms with Gasteiger partial charge in [0.1, 0.15) is 5.02 Å². The zero-order valence-electron chi connectivity index (χ0n) is 11.9. The molecule has 5 nitrogen and oxygen atoms in total. The molecule has 108 valence electrons. The number of aromatic nitrogens is 2. The molecule has 1 rings (SSSR count). The number of rotatable bonds is 8. The first-order chi connectivity index (χ1) is 9.06. The Morgan fingerprint density at radius 3 is 2.79 bits per heavy atom. The fraction of sp³-hybridized carbons (Fsp3) is 0.692. The molecule has 0 bridgehead atoms. The molecule has 0 spiro atoms. The second-order valence-corrected chi connectivity index (χ2v) is 5.17. The molecule has 0 atom stereocenters. The van der Waals surface area contributed by atoms with E-state index in [-0.39, 0.29) is 10.6 Å². The van der Waals surface area contributed by atoms with Gasteiger partial charge in [0.25, 0.3) is 5.56 Å². The van der Waals surface area contributed by atoms with E-state index in [1.165, 1.54) is 4.68 Å². The van der Waals surface area contributed by atoms with Crippen LogP contribution < -0.4 is 16.2 Å². The Hall–Kier alpha value is -1.07. The Bertz CT molecular complexity index is 445. The summed E-state index contributed by atoms with van der Waals surface area (Å²) in [5.74, 6) is 0. The third kappa shape index (κ3) is 5.20. The maximum Gasteiger partial charge on any atom is 0.287 e. The molecule has 0 fully saturated rings. The summed E-state index contributed by atoms with van der Waals surface area (Å²) in [4.78, 5) is 11.9. The molecule has 0 aliphatic heterocycles. The first-order valence-electron chi connectivity index (χ1n) is 6.79. The first kappa shape index (κ1) is 16.0. The quantitative estimate of drug-likeness (QED) is 0.719. The van der Waals surface area contributed by atoms with E-state index < -0.39 is 0 Å². The Morgan fingerprint density at radius 2 is 2.16 bits per heavy atom. The molecule has 1 heterocycles. The van der Waals surface area contributed by atoms with Crippen molar-refractivity contribution in [1.82, 2.24) is 15.1 Å². The number of hydrogen-bond donors (Lipinski definition) is 2. The Labute approximate surface area is 119 Å². The van der Waals surface area contributed by atoms with Gasteiger partial charge < -0.3 is 10.6 Å². The molecule has 0 saturated carbocycles. The van der Waals surface area contributed by atoms with Gasteiger partial charge in [-0.05, 0) is 6.42 Å². The number of aryl methyl sites for hydroxylation is 1. The lowest BCUT2D eigenvalue weighted by molar-refractivity contribution is 0.543. The minimum Gasteiger partial charge on any atom is -0.381 e. The molecule has 2 N–H and O–H groups in total. The summed E-state index contributed by atoms with van der Waals surface area (Å²) < 4.78 is 1.42. The maximum absolute atomic E-state index is 11.9. The van der Waals surface area contributed by atoms with Crippen LogP contribution in [0, 0.1) is 0 Å². The summed E-state index contributed by atoms with van der Waals surface area (Å²) in [7, 11) is 0. The third-order valence-electron chi connectivity index (χ3n) is 2.70. The average Bonchev–Trinajstić information content (AvgIpc) is 2.38. The van der Waals surface area contributed by atoms with Crippen molar-refractivity contribution in [1.29, 1.82) is 0 Å². The van der Waals surface area contributed by atoms with Crippen LogP contribution in [0.2, 0.25) is 5.02 Å². The number of halogens is 1. The Morgan fingerprint density at radius 1 is 1.42 bits per heavy atom. The highest BCUT2D eigenvalue weighted by Crippen LogP contribution is 2.14. The monoisotopic (exact) mass is 286 g/mol. The number of nitrogens with zero attached hydrogens (tertiary/aromatic N) is 2. The van der Waals surface area contributed by atoms with Crippen LogP contribution in [0.1, 0.15) is 33.6 Å². The molecule has 19 heavy (non-hydrogen) atoms. The topological polar surface area (TPSA) is 59.0 Å². The molecule has 0 radical (unpaired) electrons. The lowest BCUT2D eigenvalue weighted by Crippen LogP contribution is -2.29. The lowest BCUT2D eigenvalue weighted by atomic mass is 10.3. The second-order valence-electron chi connectivity index (χ2n) is 4.79. The van der Waals surface area contributed by atoms with Crippen LogP contribution in [0.4, 0.5) is 5.69 Å². The van der Waals surface area contributed by atoms with Crippen LogP contribution >= 0.6 is 11.6 Å². The van der Waals surface area contributed by atoms with Gasteiger partial charge in [-0.3, -0.25) is 4.79 Å². The standard InChI is InChI=1S/C13H23ClN4O/c1-4-5-8-18-13(19)12(14)11(9-17-18)16-7-6-15-10(2)3/h9-10,15-16H,4-8H2,1-3H3. The Balaban J connectivity index is 2.61. The van der Waals surface area contributed by atoms with Gasteiger partial charge in [0.2, 0.25) is 0 Å². The highest BCUT2D eigenvalue weighted by molar-refractivity contribution is 6.32. The molecule has 1 aromatic rings. The van der Waals surface area contributed by atoms with Crippen molar-refractivity contribution in [2.45, 2.75) is 46.2 Å². The average molecular weight is 287 g/mol. The highest BCUT2D eigenvalue weighted by atomic mass is 35.5. The minimum atomic E-state index is -0.225. The summed E-state index contributed by atoms with van der Waals surface area (Å²) in [5, 5.41) is 10.7. The number of hydrogen-bond acceptors (Lipinski definition) is 4. The van der Waals surface area contributed by atoms with E-state index in [2.05, 4.69) is 36.5 Å². The predicted molar refractivity (Wildman–Crippen MR) is 80.0 cm³/mol. The smallest absolute Gasteiger partial charge is 0.287 e. The van der Waals surface area contributed by atoms with Crippen molar-refractivity contribution >= 4 is 17.3 Å². The van der Waals surface area contributed by atoms with Gasteiger partial charge in [-0.25, -0.2) is 4.68 Å². The molecule has 0 aliphatic rings.